The summed E-state index contributed by atoms with van der Waals surface area (Å²) in [5.74, 6) is 0. The molecule has 0 saturated carbocycles. The van der Waals surface area contributed by atoms with E-state index in [1.165, 1.54) is 57.2 Å². The molecule has 2 heteroatoms. The van der Waals surface area contributed by atoms with E-state index in [1.807, 2.05) is 0 Å². The molecule has 0 aliphatic carbocycles. The van der Waals surface area contributed by atoms with Crippen molar-refractivity contribution in [2.45, 2.75) is 71.0 Å². The number of hydrogen-bond donors (Lipinski definition) is 1. The van der Waals surface area contributed by atoms with E-state index >= 15 is 0 Å². The molecule has 21 heavy (non-hydrogen) atoms. The lowest BCUT2D eigenvalue weighted by molar-refractivity contribution is 0.313. The fourth-order valence-electron chi connectivity index (χ4n) is 3.32. The van der Waals surface area contributed by atoms with Crippen LogP contribution >= 0.6 is 0 Å². The average Bonchev–Trinajstić information content (AvgIpc) is 2.92. The number of rotatable bonds is 9. The summed E-state index contributed by atoms with van der Waals surface area (Å²) in [5.41, 5.74) is 1.44. The normalized spacial score (nSPS) is 20.8. The molecule has 0 aromatic heterocycles. The molecule has 2 atom stereocenters. The van der Waals surface area contributed by atoms with Crippen LogP contribution in [0.15, 0.2) is 30.3 Å². The van der Waals surface area contributed by atoms with E-state index in [9.17, 15) is 0 Å². The third kappa shape index (κ3) is 6.19. The van der Waals surface area contributed by atoms with Gasteiger partial charge < -0.3 is 5.32 Å². The molecule has 1 aliphatic rings. The first-order valence-corrected chi connectivity index (χ1v) is 8.80. The van der Waals surface area contributed by atoms with Crippen LogP contribution in [0.25, 0.3) is 0 Å². The third-order valence-corrected chi connectivity index (χ3v) is 4.53. The number of unbranched alkanes of at least 4 members (excludes halogenated alkanes) is 3. The topological polar surface area (TPSA) is 15.3 Å². The standard InChI is InChI=1S/C19H32N2/c1-3-4-5-7-10-17(2)20-19-13-14-21(16-19)15-18-11-8-6-9-12-18/h6,8-9,11-12,17,19-20H,3-5,7,10,13-16H2,1-2H3. The first-order valence-electron chi connectivity index (χ1n) is 8.80. The highest BCUT2D eigenvalue weighted by Gasteiger charge is 2.23. The van der Waals surface area contributed by atoms with Crippen LogP contribution in [0.1, 0.15) is 57.9 Å². The van der Waals surface area contributed by atoms with E-state index in [0.29, 0.717) is 12.1 Å². The highest BCUT2D eigenvalue weighted by molar-refractivity contribution is 5.14. The van der Waals surface area contributed by atoms with Gasteiger partial charge >= 0.3 is 0 Å². The Bertz CT molecular complexity index is 376. The lowest BCUT2D eigenvalue weighted by Gasteiger charge is -2.20. The van der Waals surface area contributed by atoms with Crippen molar-refractivity contribution in [3.05, 3.63) is 35.9 Å². The van der Waals surface area contributed by atoms with Gasteiger partial charge in [-0.3, -0.25) is 4.90 Å². The van der Waals surface area contributed by atoms with E-state index in [2.05, 4.69) is 54.4 Å². The van der Waals surface area contributed by atoms with Crippen molar-refractivity contribution in [1.29, 1.82) is 0 Å². The van der Waals surface area contributed by atoms with Crippen LogP contribution in [-0.2, 0) is 6.54 Å². The molecule has 1 fully saturated rings. The maximum absolute atomic E-state index is 3.83. The predicted octanol–water partition coefficient (Wildman–Crippen LogP) is 4.21. The summed E-state index contributed by atoms with van der Waals surface area (Å²) >= 11 is 0. The van der Waals surface area contributed by atoms with Crippen molar-refractivity contribution < 1.29 is 0 Å². The highest BCUT2D eigenvalue weighted by Crippen LogP contribution is 2.15. The van der Waals surface area contributed by atoms with Crippen molar-refractivity contribution in [3.63, 3.8) is 0 Å². The van der Waals surface area contributed by atoms with Gasteiger partial charge in [0.05, 0.1) is 0 Å². The Morgan fingerprint density at radius 1 is 1.19 bits per heavy atom. The maximum Gasteiger partial charge on any atom is 0.0234 e. The molecule has 1 aliphatic heterocycles. The average molecular weight is 288 g/mol. The zero-order chi connectivity index (χ0) is 14.9. The van der Waals surface area contributed by atoms with Crippen molar-refractivity contribution >= 4 is 0 Å². The molecule has 0 radical (unpaired) electrons. The molecule has 0 amide bonds. The zero-order valence-electron chi connectivity index (χ0n) is 13.9. The lowest BCUT2D eigenvalue weighted by atomic mass is 10.1. The molecule has 0 bridgehead atoms. The fraction of sp³-hybridized carbons (Fsp3) is 0.684. The smallest absolute Gasteiger partial charge is 0.0234 e. The SMILES string of the molecule is CCCCCCC(C)NC1CCN(Cc2ccccc2)C1. The van der Waals surface area contributed by atoms with Crippen molar-refractivity contribution in [2.24, 2.45) is 0 Å². The molecular weight excluding hydrogens is 256 g/mol. The van der Waals surface area contributed by atoms with Gasteiger partial charge in [0.2, 0.25) is 0 Å². The first-order chi connectivity index (χ1) is 10.3. The van der Waals surface area contributed by atoms with Gasteiger partial charge in [0, 0.05) is 31.7 Å². The Morgan fingerprint density at radius 2 is 2.00 bits per heavy atom. The van der Waals surface area contributed by atoms with Gasteiger partial charge in [-0.15, -0.1) is 0 Å². The highest BCUT2D eigenvalue weighted by atomic mass is 15.2. The largest absolute Gasteiger partial charge is 0.310 e. The second-order valence-electron chi connectivity index (χ2n) is 6.62. The van der Waals surface area contributed by atoms with E-state index in [0.717, 1.165) is 6.54 Å². The summed E-state index contributed by atoms with van der Waals surface area (Å²) in [5, 5.41) is 3.83. The molecule has 1 heterocycles. The monoisotopic (exact) mass is 288 g/mol. The van der Waals surface area contributed by atoms with Crippen LogP contribution in [-0.4, -0.2) is 30.1 Å². The molecule has 1 saturated heterocycles. The molecule has 1 aromatic rings. The summed E-state index contributed by atoms with van der Waals surface area (Å²) in [6.07, 6.45) is 8.12. The summed E-state index contributed by atoms with van der Waals surface area (Å²) < 4.78 is 0. The van der Waals surface area contributed by atoms with E-state index in [-0.39, 0.29) is 0 Å². The van der Waals surface area contributed by atoms with E-state index < -0.39 is 0 Å². The summed E-state index contributed by atoms with van der Waals surface area (Å²) in [4.78, 5) is 2.58. The number of hydrogen-bond acceptors (Lipinski definition) is 2. The molecule has 1 aromatic carbocycles. The Hall–Kier alpha value is -0.860. The number of benzene rings is 1. The molecular formula is C19H32N2. The third-order valence-electron chi connectivity index (χ3n) is 4.53. The molecule has 118 valence electrons. The minimum atomic E-state index is 0.670. The summed E-state index contributed by atoms with van der Waals surface area (Å²) in [6, 6.07) is 12.2. The van der Waals surface area contributed by atoms with Crippen LogP contribution < -0.4 is 5.32 Å². The molecule has 0 spiro atoms. The Labute approximate surface area is 130 Å². The molecule has 2 nitrogen and oxygen atoms in total. The van der Waals surface area contributed by atoms with Crippen molar-refractivity contribution in [3.8, 4) is 0 Å². The fourth-order valence-corrected chi connectivity index (χ4v) is 3.32. The predicted molar refractivity (Wildman–Crippen MR) is 91.5 cm³/mol. The quantitative estimate of drug-likeness (QED) is 0.685. The second kappa shape index (κ2) is 9.22. The Morgan fingerprint density at radius 3 is 2.76 bits per heavy atom. The lowest BCUT2D eigenvalue weighted by Crippen LogP contribution is -2.38. The van der Waals surface area contributed by atoms with Crippen LogP contribution in [0.3, 0.4) is 0 Å². The van der Waals surface area contributed by atoms with Crippen LogP contribution in [0.5, 0.6) is 0 Å². The number of nitrogens with one attached hydrogen (secondary N) is 1. The van der Waals surface area contributed by atoms with Crippen LogP contribution in [0, 0.1) is 0 Å². The van der Waals surface area contributed by atoms with Gasteiger partial charge in [-0.25, -0.2) is 0 Å². The molecule has 2 unspecified atom stereocenters. The van der Waals surface area contributed by atoms with Gasteiger partial charge in [-0.05, 0) is 25.3 Å². The number of nitrogens with zero attached hydrogens (tertiary/aromatic N) is 1. The van der Waals surface area contributed by atoms with Gasteiger partial charge in [0.1, 0.15) is 0 Å². The van der Waals surface area contributed by atoms with Gasteiger partial charge in [0.15, 0.2) is 0 Å². The zero-order valence-corrected chi connectivity index (χ0v) is 13.9. The first kappa shape index (κ1) is 16.5. The molecule has 2 rings (SSSR count). The minimum Gasteiger partial charge on any atom is -0.310 e. The van der Waals surface area contributed by atoms with Crippen LogP contribution in [0.2, 0.25) is 0 Å². The van der Waals surface area contributed by atoms with E-state index in [4.69, 9.17) is 0 Å². The van der Waals surface area contributed by atoms with Crippen molar-refractivity contribution in [1.82, 2.24) is 10.2 Å². The Balaban J connectivity index is 1.63. The van der Waals surface area contributed by atoms with Crippen LogP contribution in [0.4, 0.5) is 0 Å². The second-order valence-corrected chi connectivity index (χ2v) is 6.62. The number of likely N-dealkylation sites (tertiary alicyclic amines) is 1. The summed E-state index contributed by atoms with van der Waals surface area (Å²) in [6.45, 7) is 8.17. The molecule has 1 N–H and O–H groups in total. The summed E-state index contributed by atoms with van der Waals surface area (Å²) in [7, 11) is 0. The maximum atomic E-state index is 3.83. The van der Waals surface area contributed by atoms with Gasteiger partial charge in [-0.1, -0.05) is 62.9 Å². The Kier molecular flexibility index (Phi) is 7.25. The van der Waals surface area contributed by atoms with Gasteiger partial charge in [-0.2, -0.15) is 0 Å². The van der Waals surface area contributed by atoms with E-state index in [1.54, 1.807) is 0 Å². The van der Waals surface area contributed by atoms with Gasteiger partial charge in [0.25, 0.3) is 0 Å². The van der Waals surface area contributed by atoms with Crippen molar-refractivity contribution in [2.75, 3.05) is 13.1 Å². The minimum absolute atomic E-state index is 0.670.